The van der Waals surface area contributed by atoms with Gasteiger partial charge in [0.2, 0.25) is 5.91 Å². The van der Waals surface area contributed by atoms with Crippen molar-refractivity contribution in [1.29, 1.82) is 0 Å². The van der Waals surface area contributed by atoms with Gasteiger partial charge in [0.15, 0.2) is 0 Å². The van der Waals surface area contributed by atoms with Crippen LogP contribution < -0.4 is 0 Å². The van der Waals surface area contributed by atoms with Crippen LogP contribution in [0.25, 0.3) is 0 Å². The van der Waals surface area contributed by atoms with Gasteiger partial charge in [-0.1, -0.05) is 13.8 Å². The molecule has 23 heavy (non-hydrogen) atoms. The van der Waals surface area contributed by atoms with Gasteiger partial charge in [-0.3, -0.25) is 9.59 Å². The maximum Gasteiger partial charge on any atom is 0.311 e. The standard InChI is InChI=1S/C19H29NO3/c1-12(2)19(17(22)23)3-4-20(11-19)16(21)18-8-13-5-14(9-18)7-15(6-13)10-18/h12-15H,3-11H2,1-2H3,(H,22,23). The van der Waals surface area contributed by atoms with Gasteiger partial charge in [-0.2, -0.15) is 0 Å². The fourth-order valence-corrected chi connectivity index (χ4v) is 6.61. The Morgan fingerprint density at radius 3 is 1.96 bits per heavy atom. The van der Waals surface area contributed by atoms with Crippen molar-refractivity contribution in [3.8, 4) is 0 Å². The molecule has 4 aliphatic carbocycles. The number of hydrogen-bond acceptors (Lipinski definition) is 2. The third-order valence-corrected chi connectivity index (χ3v) is 7.61. The number of carbonyl (C=O) groups excluding carboxylic acids is 1. The van der Waals surface area contributed by atoms with Crippen LogP contribution in [0.4, 0.5) is 0 Å². The number of carbonyl (C=O) groups is 2. The average Bonchev–Trinajstić information content (AvgIpc) is 2.91. The molecule has 0 aromatic rings. The molecule has 5 fully saturated rings. The van der Waals surface area contributed by atoms with E-state index in [1.807, 2.05) is 18.7 Å². The van der Waals surface area contributed by atoms with Crippen LogP contribution in [0.5, 0.6) is 0 Å². The first-order chi connectivity index (χ1) is 10.8. The molecule has 128 valence electrons. The van der Waals surface area contributed by atoms with Crippen LogP contribution in [0.15, 0.2) is 0 Å². The lowest BCUT2D eigenvalue weighted by atomic mass is 9.49. The van der Waals surface area contributed by atoms with Gasteiger partial charge in [0.25, 0.3) is 0 Å². The molecule has 4 saturated carbocycles. The van der Waals surface area contributed by atoms with Crippen LogP contribution in [0.1, 0.15) is 58.8 Å². The lowest BCUT2D eigenvalue weighted by Crippen LogP contribution is -2.54. The summed E-state index contributed by atoms with van der Waals surface area (Å²) in [6, 6.07) is 0. The number of nitrogens with zero attached hydrogens (tertiary/aromatic N) is 1. The first-order valence-electron chi connectivity index (χ1n) is 9.37. The van der Waals surface area contributed by atoms with Gasteiger partial charge in [0.05, 0.1) is 10.8 Å². The van der Waals surface area contributed by atoms with Crippen LogP contribution in [0.3, 0.4) is 0 Å². The van der Waals surface area contributed by atoms with Gasteiger partial charge < -0.3 is 10.0 Å². The largest absolute Gasteiger partial charge is 0.481 e. The second kappa shape index (κ2) is 4.97. The van der Waals surface area contributed by atoms with Gasteiger partial charge in [-0.25, -0.2) is 0 Å². The van der Waals surface area contributed by atoms with E-state index in [4.69, 9.17) is 0 Å². The molecule has 1 heterocycles. The summed E-state index contributed by atoms with van der Waals surface area (Å²) in [6.07, 6.45) is 7.80. The highest BCUT2D eigenvalue weighted by Crippen LogP contribution is 2.61. The van der Waals surface area contributed by atoms with E-state index in [0.717, 1.165) is 37.0 Å². The maximum absolute atomic E-state index is 13.4. The molecule has 4 bridgehead atoms. The highest BCUT2D eigenvalue weighted by Gasteiger charge is 2.58. The van der Waals surface area contributed by atoms with Crippen molar-refractivity contribution in [1.82, 2.24) is 4.90 Å². The summed E-state index contributed by atoms with van der Waals surface area (Å²) in [5.74, 6) is 1.88. The predicted molar refractivity (Wildman–Crippen MR) is 86.7 cm³/mol. The normalized spacial score (nSPS) is 45.0. The van der Waals surface area contributed by atoms with Crippen molar-refractivity contribution in [3.63, 3.8) is 0 Å². The summed E-state index contributed by atoms with van der Waals surface area (Å²) < 4.78 is 0. The Kier molecular flexibility index (Phi) is 3.34. The van der Waals surface area contributed by atoms with Crippen LogP contribution in [0, 0.1) is 34.5 Å². The number of carboxylic acid groups (broad SMARTS) is 1. The molecule has 0 aromatic carbocycles. The Hall–Kier alpha value is -1.06. The minimum absolute atomic E-state index is 0.0640. The molecule has 1 N–H and O–H groups in total. The lowest BCUT2D eigenvalue weighted by molar-refractivity contribution is -0.158. The Morgan fingerprint density at radius 2 is 1.57 bits per heavy atom. The summed E-state index contributed by atoms with van der Waals surface area (Å²) in [5, 5.41) is 9.73. The molecule has 4 nitrogen and oxygen atoms in total. The number of likely N-dealkylation sites (tertiary alicyclic amines) is 1. The summed E-state index contributed by atoms with van der Waals surface area (Å²) in [7, 11) is 0. The zero-order valence-corrected chi connectivity index (χ0v) is 14.4. The van der Waals surface area contributed by atoms with Crippen molar-refractivity contribution >= 4 is 11.9 Å². The first kappa shape index (κ1) is 15.5. The molecule has 0 radical (unpaired) electrons. The van der Waals surface area contributed by atoms with Crippen molar-refractivity contribution < 1.29 is 14.7 Å². The molecule has 5 aliphatic rings. The average molecular weight is 319 g/mol. The minimum Gasteiger partial charge on any atom is -0.481 e. The quantitative estimate of drug-likeness (QED) is 0.869. The van der Waals surface area contributed by atoms with E-state index in [0.29, 0.717) is 25.4 Å². The van der Waals surface area contributed by atoms with Crippen molar-refractivity contribution in [2.45, 2.75) is 58.8 Å². The topological polar surface area (TPSA) is 57.6 Å². The van der Waals surface area contributed by atoms with E-state index in [1.165, 1.54) is 19.3 Å². The molecule has 1 atom stereocenters. The van der Waals surface area contributed by atoms with Gasteiger partial charge >= 0.3 is 5.97 Å². The zero-order chi connectivity index (χ0) is 16.4. The Labute approximate surface area is 138 Å². The summed E-state index contributed by atoms with van der Waals surface area (Å²) in [5.41, 5.74) is -0.877. The van der Waals surface area contributed by atoms with E-state index in [1.54, 1.807) is 0 Å². The van der Waals surface area contributed by atoms with Crippen molar-refractivity contribution in [2.75, 3.05) is 13.1 Å². The predicted octanol–water partition coefficient (Wildman–Crippen LogP) is 3.16. The van der Waals surface area contributed by atoms with Crippen molar-refractivity contribution in [2.24, 2.45) is 34.5 Å². The Bertz CT molecular complexity index is 505. The zero-order valence-electron chi connectivity index (χ0n) is 14.4. The third-order valence-electron chi connectivity index (χ3n) is 7.61. The Balaban J connectivity index is 1.55. The SMILES string of the molecule is CC(C)C1(C(=O)O)CCN(C(=O)C23CC4CC(CC(C4)C2)C3)C1. The van der Waals surface area contributed by atoms with Crippen LogP contribution in [0.2, 0.25) is 0 Å². The van der Waals surface area contributed by atoms with Gasteiger partial charge in [-0.05, 0) is 68.6 Å². The van der Waals surface area contributed by atoms with Crippen LogP contribution >= 0.6 is 0 Å². The monoisotopic (exact) mass is 319 g/mol. The fourth-order valence-electron chi connectivity index (χ4n) is 6.61. The molecule has 1 unspecified atom stereocenters. The number of aliphatic carboxylic acids is 1. The molecule has 4 heteroatoms. The fraction of sp³-hybridized carbons (Fsp3) is 0.895. The molecular weight excluding hydrogens is 290 g/mol. The van der Waals surface area contributed by atoms with E-state index in [9.17, 15) is 14.7 Å². The highest BCUT2D eigenvalue weighted by molar-refractivity contribution is 5.85. The van der Waals surface area contributed by atoms with E-state index >= 15 is 0 Å². The smallest absolute Gasteiger partial charge is 0.311 e. The minimum atomic E-state index is -0.738. The number of amides is 1. The van der Waals surface area contributed by atoms with Crippen LogP contribution in [-0.4, -0.2) is 35.0 Å². The molecule has 1 amide bonds. The lowest BCUT2D eigenvalue weighted by Gasteiger charge is -2.56. The second-order valence-corrected chi connectivity index (χ2v) is 9.29. The molecule has 5 rings (SSSR count). The van der Waals surface area contributed by atoms with E-state index in [2.05, 4.69) is 0 Å². The molecule has 0 spiro atoms. The van der Waals surface area contributed by atoms with Crippen molar-refractivity contribution in [3.05, 3.63) is 0 Å². The van der Waals surface area contributed by atoms with Crippen LogP contribution in [-0.2, 0) is 9.59 Å². The van der Waals surface area contributed by atoms with Gasteiger partial charge in [0, 0.05) is 13.1 Å². The maximum atomic E-state index is 13.4. The molecule has 1 aliphatic heterocycles. The van der Waals surface area contributed by atoms with E-state index < -0.39 is 11.4 Å². The Morgan fingerprint density at radius 1 is 1.04 bits per heavy atom. The third kappa shape index (κ3) is 2.16. The summed E-state index contributed by atoms with van der Waals surface area (Å²) in [4.78, 5) is 27.1. The van der Waals surface area contributed by atoms with Gasteiger partial charge in [0.1, 0.15) is 0 Å². The van der Waals surface area contributed by atoms with Gasteiger partial charge in [-0.15, -0.1) is 0 Å². The number of rotatable bonds is 3. The second-order valence-electron chi connectivity index (χ2n) is 9.29. The summed E-state index contributed by atoms with van der Waals surface area (Å²) >= 11 is 0. The molecule has 1 saturated heterocycles. The summed E-state index contributed by atoms with van der Waals surface area (Å²) in [6.45, 7) is 5.01. The number of carboxylic acids is 1. The van der Waals surface area contributed by atoms with E-state index in [-0.39, 0.29) is 11.3 Å². The molecule has 0 aromatic heterocycles. The number of hydrogen-bond donors (Lipinski definition) is 1. The highest BCUT2D eigenvalue weighted by atomic mass is 16.4. The first-order valence-corrected chi connectivity index (χ1v) is 9.37. The molecular formula is C19H29NO3.